The lowest BCUT2D eigenvalue weighted by Crippen LogP contribution is -2.21. The third-order valence-corrected chi connectivity index (χ3v) is 2.10. The molecule has 7 nitrogen and oxygen atoms in total. The third kappa shape index (κ3) is 4.23. The van der Waals surface area contributed by atoms with Crippen molar-refractivity contribution in [3.05, 3.63) is 27.4 Å². The molecule has 0 spiro atoms. The number of nitrogens with zero attached hydrogens (tertiary/aromatic N) is 2. The second kappa shape index (κ2) is 6.49. The van der Waals surface area contributed by atoms with Crippen molar-refractivity contribution in [2.24, 2.45) is 0 Å². The molecule has 0 amide bonds. The van der Waals surface area contributed by atoms with Crippen molar-refractivity contribution >= 4 is 11.8 Å². The number of aromatic nitrogens is 1. The van der Waals surface area contributed by atoms with Gasteiger partial charge in [0.25, 0.3) is 0 Å². The average molecular weight is 330 g/mol. The summed E-state index contributed by atoms with van der Waals surface area (Å²) in [6.07, 6.45) is -8.93. The summed E-state index contributed by atoms with van der Waals surface area (Å²) in [5, 5.41) is 10.5. The van der Waals surface area contributed by atoms with E-state index in [2.05, 4.69) is 14.5 Å². The minimum atomic E-state index is -5.37. The van der Waals surface area contributed by atoms with Crippen molar-refractivity contribution < 1.29 is 41.1 Å². The molecule has 0 aromatic carbocycles. The monoisotopic (exact) mass is 330 g/mol. The molecular weight excluding hydrogens is 323 g/mol. The van der Waals surface area contributed by atoms with Crippen LogP contribution in [0.1, 0.15) is 29.4 Å². The van der Waals surface area contributed by atoms with Crippen molar-refractivity contribution in [1.29, 1.82) is 0 Å². The Bertz CT molecular complexity index is 590. The first-order valence-corrected chi connectivity index (χ1v) is 5.47. The van der Waals surface area contributed by atoms with E-state index in [1.807, 2.05) is 0 Å². The fraction of sp³-hybridized carbons (Fsp3) is 0.400. The number of alkyl halides is 5. The van der Waals surface area contributed by atoms with Gasteiger partial charge in [-0.05, 0) is 16.8 Å². The quantitative estimate of drug-likeness (QED) is 0.357. The lowest BCUT2D eigenvalue weighted by molar-refractivity contribution is -0.390. The number of hydrogen-bond donors (Lipinski definition) is 0. The van der Waals surface area contributed by atoms with E-state index in [1.54, 1.807) is 0 Å². The van der Waals surface area contributed by atoms with Crippen LogP contribution in [0.25, 0.3) is 0 Å². The molecule has 1 aromatic rings. The molecule has 0 fully saturated rings. The van der Waals surface area contributed by atoms with Crippen molar-refractivity contribution in [1.82, 2.24) is 4.98 Å². The molecule has 1 aromatic heterocycles. The van der Waals surface area contributed by atoms with E-state index in [0.717, 1.165) is 0 Å². The highest BCUT2D eigenvalue weighted by atomic mass is 19.4. The maximum atomic E-state index is 12.9. The van der Waals surface area contributed by atoms with Crippen molar-refractivity contribution in [3.63, 3.8) is 0 Å². The van der Waals surface area contributed by atoms with Crippen LogP contribution in [0.5, 0.6) is 5.75 Å². The summed E-state index contributed by atoms with van der Waals surface area (Å²) in [5.41, 5.74) is -2.85. The molecule has 0 saturated heterocycles. The van der Waals surface area contributed by atoms with Gasteiger partial charge in [-0.25, -0.2) is 13.6 Å². The van der Waals surface area contributed by atoms with E-state index >= 15 is 0 Å². The van der Waals surface area contributed by atoms with Crippen LogP contribution in [0.2, 0.25) is 0 Å². The second-order valence-corrected chi connectivity index (χ2v) is 3.56. The Morgan fingerprint density at radius 1 is 1.45 bits per heavy atom. The lowest BCUT2D eigenvalue weighted by Gasteiger charge is -2.13. The highest BCUT2D eigenvalue weighted by Crippen LogP contribution is 2.35. The number of nitro groups is 1. The van der Waals surface area contributed by atoms with Gasteiger partial charge in [-0.1, -0.05) is 0 Å². The molecule has 0 aliphatic carbocycles. The molecule has 122 valence electrons. The molecule has 0 bridgehead atoms. The largest absolute Gasteiger partial charge is 0.573 e. The number of rotatable bonds is 5. The van der Waals surface area contributed by atoms with Crippen LogP contribution in [-0.2, 0) is 4.74 Å². The Hall–Kier alpha value is -2.53. The third-order valence-electron chi connectivity index (χ3n) is 2.10. The SMILES string of the molecule is CCOC(=O)c1c(OC(F)(F)F)cc([N+](=O)[O-])nc1C(F)F. The summed E-state index contributed by atoms with van der Waals surface area (Å²) in [5.74, 6) is -4.38. The molecule has 0 atom stereocenters. The second-order valence-electron chi connectivity index (χ2n) is 3.56. The number of pyridine rings is 1. The molecule has 1 heterocycles. The Balaban J connectivity index is 3.59. The smallest absolute Gasteiger partial charge is 0.462 e. The minimum Gasteiger partial charge on any atom is -0.462 e. The van der Waals surface area contributed by atoms with E-state index in [1.165, 1.54) is 6.92 Å². The zero-order valence-corrected chi connectivity index (χ0v) is 10.7. The van der Waals surface area contributed by atoms with Crippen LogP contribution >= 0.6 is 0 Å². The topological polar surface area (TPSA) is 91.6 Å². The van der Waals surface area contributed by atoms with Crippen LogP contribution < -0.4 is 4.74 Å². The molecule has 22 heavy (non-hydrogen) atoms. The van der Waals surface area contributed by atoms with Crippen LogP contribution in [0.4, 0.5) is 27.8 Å². The molecule has 0 unspecified atom stereocenters. The summed E-state index contributed by atoms with van der Waals surface area (Å²) >= 11 is 0. The van der Waals surface area contributed by atoms with Crippen LogP contribution in [-0.4, -0.2) is 28.8 Å². The molecule has 0 N–H and O–H groups in total. The number of halogens is 5. The molecule has 0 saturated carbocycles. The number of esters is 1. The van der Waals surface area contributed by atoms with E-state index in [4.69, 9.17) is 0 Å². The van der Waals surface area contributed by atoms with Crippen molar-refractivity contribution in [3.8, 4) is 5.75 Å². The van der Waals surface area contributed by atoms with Gasteiger partial charge in [0.05, 0.1) is 12.7 Å². The van der Waals surface area contributed by atoms with Gasteiger partial charge in [0.15, 0.2) is 11.3 Å². The Morgan fingerprint density at radius 2 is 2.05 bits per heavy atom. The summed E-state index contributed by atoms with van der Waals surface area (Å²) in [7, 11) is 0. The van der Waals surface area contributed by atoms with E-state index < -0.39 is 46.5 Å². The molecule has 0 aliphatic heterocycles. The van der Waals surface area contributed by atoms with Crippen LogP contribution in [0, 0.1) is 10.1 Å². The number of carbonyl (C=O) groups excluding carboxylic acids is 1. The van der Waals surface area contributed by atoms with E-state index in [9.17, 15) is 36.9 Å². The average Bonchev–Trinajstić information content (AvgIpc) is 2.35. The van der Waals surface area contributed by atoms with Gasteiger partial charge in [0.2, 0.25) is 5.69 Å². The van der Waals surface area contributed by atoms with Gasteiger partial charge in [-0.15, -0.1) is 13.2 Å². The van der Waals surface area contributed by atoms with Gasteiger partial charge in [0, 0.05) is 0 Å². The van der Waals surface area contributed by atoms with Crippen molar-refractivity contribution in [2.75, 3.05) is 6.61 Å². The van der Waals surface area contributed by atoms with Gasteiger partial charge in [0.1, 0.15) is 0 Å². The first-order chi connectivity index (χ1) is 10.1. The van der Waals surface area contributed by atoms with Gasteiger partial charge in [-0.2, -0.15) is 0 Å². The molecule has 12 heteroatoms. The summed E-state index contributed by atoms with van der Waals surface area (Å²) in [4.78, 5) is 23.7. The predicted octanol–water partition coefficient (Wildman–Crippen LogP) is 3.00. The van der Waals surface area contributed by atoms with Crippen LogP contribution in [0.3, 0.4) is 0 Å². The first-order valence-electron chi connectivity index (χ1n) is 5.47. The number of hydrogen-bond acceptors (Lipinski definition) is 6. The Labute approximate surface area is 118 Å². The zero-order chi connectivity index (χ0) is 17.1. The number of ether oxygens (including phenoxy) is 2. The highest BCUT2D eigenvalue weighted by Gasteiger charge is 2.39. The normalized spacial score (nSPS) is 11.4. The van der Waals surface area contributed by atoms with Gasteiger partial charge >= 0.3 is 24.6 Å². The van der Waals surface area contributed by atoms with Crippen LogP contribution in [0.15, 0.2) is 6.07 Å². The highest BCUT2D eigenvalue weighted by molar-refractivity contribution is 5.94. The maximum absolute atomic E-state index is 12.9. The fourth-order valence-corrected chi connectivity index (χ4v) is 1.39. The Morgan fingerprint density at radius 3 is 2.45 bits per heavy atom. The summed E-state index contributed by atoms with van der Waals surface area (Å²) < 4.78 is 70.3. The van der Waals surface area contributed by atoms with Gasteiger partial charge < -0.3 is 19.6 Å². The minimum absolute atomic E-state index is 0.117. The number of carbonyl (C=O) groups is 1. The molecular formula is C10H7F5N2O5. The standard InChI is InChI=1S/C10H7F5N2O5/c1-2-21-9(18)6-4(22-10(13,14)15)3-5(17(19)20)16-7(6)8(11)12/h3,8H,2H2,1H3. The molecule has 0 radical (unpaired) electrons. The fourth-order valence-electron chi connectivity index (χ4n) is 1.39. The predicted molar refractivity (Wildman–Crippen MR) is 58.5 cm³/mol. The molecule has 0 aliphatic rings. The van der Waals surface area contributed by atoms with Crippen molar-refractivity contribution in [2.45, 2.75) is 19.7 Å². The maximum Gasteiger partial charge on any atom is 0.573 e. The zero-order valence-electron chi connectivity index (χ0n) is 10.7. The van der Waals surface area contributed by atoms with E-state index in [-0.39, 0.29) is 12.7 Å². The van der Waals surface area contributed by atoms with Gasteiger partial charge in [-0.3, -0.25) is 0 Å². The van der Waals surface area contributed by atoms with E-state index in [0.29, 0.717) is 0 Å². The summed E-state index contributed by atoms with van der Waals surface area (Å²) in [6, 6.07) is 0.117. The summed E-state index contributed by atoms with van der Waals surface area (Å²) in [6.45, 7) is 0.951. The first kappa shape index (κ1) is 17.5. The lowest BCUT2D eigenvalue weighted by atomic mass is 10.1. The Kier molecular flexibility index (Phi) is 5.17. The molecule has 1 rings (SSSR count).